The first-order valence-electron chi connectivity index (χ1n) is 6.95. The molecule has 4 nitrogen and oxygen atoms in total. The maximum absolute atomic E-state index is 13.7. The van der Waals surface area contributed by atoms with Crippen LogP contribution in [0.4, 0.5) is 10.1 Å². The standard InChI is InChI=1S/C14H21FN2O2S/c1-2-17(14-6-4-3-5-13(14)15)9-8-16-12-7-10-20(18,19)11-12/h3-6,12,16H,2,7-11H2,1H3. The van der Waals surface area contributed by atoms with Gasteiger partial charge in [-0.25, -0.2) is 12.8 Å². The molecule has 1 aromatic carbocycles. The van der Waals surface area contributed by atoms with Crippen LogP contribution < -0.4 is 10.2 Å². The van der Waals surface area contributed by atoms with Crippen molar-refractivity contribution in [2.24, 2.45) is 0 Å². The number of benzene rings is 1. The van der Waals surface area contributed by atoms with Gasteiger partial charge < -0.3 is 10.2 Å². The van der Waals surface area contributed by atoms with E-state index >= 15 is 0 Å². The Hall–Kier alpha value is -1.14. The van der Waals surface area contributed by atoms with Crippen LogP contribution in [-0.4, -0.2) is 45.6 Å². The minimum Gasteiger partial charge on any atom is -0.368 e. The number of nitrogens with zero attached hydrogens (tertiary/aromatic N) is 1. The Balaban J connectivity index is 1.85. The minimum absolute atomic E-state index is 0.0410. The zero-order valence-corrected chi connectivity index (χ0v) is 12.5. The van der Waals surface area contributed by atoms with Gasteiger partial charge in [-0.2, -0.15) is 0 Å². The van der Waals surface area contributed by atoms with E-state index < -0.39 is 9.84 Å². The topological polar surface area (TPSA) is 49.4 Å². The van der Waals surface area contributed by atoms with E-state index in [9.17, 15) is 12.8 Å². The second-order valence-corrected chi connectivity index (χ2v) is 7.31. The fraction of sp³-hybridized carbons (Fsp3) is 0.571. The Kier molecular flexibility index (Phi) is 4.99. The second-order valence-electron chi connectivity index (χ2n) is 5.09. The number of sulfone groups is 1. The Morgan fingerprint density at radius 1 is 1.40 bits per heavy atom. The van der Waals surface area contributed by atoms with Gasteiger partial charge in [-0.1, -0.05) is 12.1 Å². The number of hydrogen-bond donors (Lipinski definition) is 1. The lowest BCUT2D eigenvalue weighted by Crippen LogP contribution is -2.38. The van der Waals surface area contributed by atoms with Crippen molar-refractivity contribution < 1.29 is 12.8 Å². The highest BCUT2D eigenvalue weighted by atomic mass is 32.2. The third-order valence-electron chi connectivity index (χ3n) is 3.62. The zero-order chi connectivity index (χ0) is 14.6. The van der Waals surface area contributed by atoms with E-state index in [2.05, 4.69) is 5.32 Å². The molecule has 0 aromatic heterocycles. The van der Waals surface area contributed by atoms with E-state index in [0.717, 1.165) is 0 Å². The molecule has 0 radical (unpaired) electrons. The summed E-state index contributed by atoms with van der Waals surface area (Å²) in [5, 5.41) is 3.25. The molecule has 1 aliphatic heterocycles. The van der Waals surface area contributed by atoms with E-state index in [0.29, 0.717) is 31.7 Å². The SMILES string of the molecule is CCN(CCNC1CCS(=O)(=O)C1)c1ccccc1F. The monoisotopic (exact) mass is 300 g/mol. The van der Waals surface area contributed by atoms with Gasteiger partial charge in [0, 0.05) is 25.7 Å². The summed E-state index contributed by atoms with van der Waals surface area (Å²) in [5.41, 5.74) is 0.593. The first-order chi connectivity index (χ1) is 9.52. The lowest BCUT2D eigenvalue weighted by Gasteiger charge is -2.24. The molecule has 1 N–H and O–H groups in total. The summed E-state index contributed by atoms with van der Waals surface area (Å²) in [6.07, 6.45) is 0.675. The highest BCUT2D eigenvalue weighted by molar-refractivity contribution is 7.91. The van der Waals surface area contributed by atoms with Crippen molar-refractivity contribution in [3.63, 3.8) is 0 Å². The highest BCUT2D eigenvalue weighted by Crippen LogP contribution is 2.18. The van der Waals surface area contributed by atoms with Crippen molar-refractivity contribution in [1.82, 2.24) is 5.32 Å². The van der Waals surface area contributed by atoms with Crippen molar-refractivity contribution in [3.8, 4) is 0 Å². The molecule has 0 amide bonds. The molecule has 0 bridgehead atoms. The Morgan fingerprint density at radius 3 is 2.75 bits per heavy atom. The molecule has 6 heteroatoms. The van der Waals surface area contributed by atoms with Crippen LogP contribution in [0, 0.1) is 5.82 Å². The van der Waals surface area contributed by atoms with Crippen LogP contribution in [0.2, 0.25) is 0 Å². The van der Waals surface area contributed by atoms with Crippen LogP contribution >= 0.6 is 0 Å². The molecular weight excluding hydrogens is 279 g/mol. The van der Waals surface area contributed by atoms with Crippen LogP contribution in [0.1, 0.15) is 13.3 Å². The van der Waals surface area contributed by atoms with Crippen molar-refractivity contribution in [2.45, 2.75) is 19.4 Å². The number of anilines is 1. The summed E-state index contributed by atoms with van der Waals surface area (Å²) < 4.78 is 36.4. The molecule has 1 heterocycles. The predicted molar refractivity (Wildman–Crippen MR) is 79.3 cm³/mol. The molecule has 0 spiro atoms. The quantitative estimate of drug-likeness (QED) is 0.863. The summed E-state index contributed by atoms with van der Waals surface area (Å²) in [6.45, 7) is 4.01. The third kappa shape index (κ3) is 3.93. The average Bonchev–Trinajstić information content (AvgIpc) is 2.75. The lowest BCUT2D eigenvalue weighted by molar-refractivity contribution is 0.549. The van der Waals surface area contributed by atoms with Crippen molar-refractivity contribution in [2.75, 3.05) is 36.0 Å². The van der Waals surface area contributed by atoms with Crippen LogP contribution in [0.3, 0.4) is 0 Å². The fourth-order valence-electron chi connectivity index (χ4n) is 2.52. The number of para-hydroxylation sites is 1. The molecule has 1 aromatic rings. The van der Waals surface area contributed by atoms with E-state index in [1.54, 1.807) is 12.1 Å². The van der Waals surface area contributed by atoms with E-state index in [1.165, 1.54) is 6.07 Å². The summed E-state index contributed by atoms with van der Waals surface area (Å²) >= 11 is 0. The van der Waals surface area contributed by atoms with Gasteiger partial charge in [-0.05, 0) is 25.5 Å². The molecule has 1 atom stereocenters. The van der Waals surface area contributed by atoms with Crippen LogP contribution in [-0.2, 0) is 9.84 Å². The molecule has 112 valence electrons. The van der Waals surface area contributed by atoms with Crippen molar-refractivity contribution in [1.29, 1.82) is 0 Å². The number of nitrogens with one attached hydrogen (secondary N) is 1. The maximum Gasteiger partial charge on any atom is 0.151 e. The smallest absolute Gasteiger partial charge is 0.151 e. The van der Waals surface area contributed by atoms with Crippen LogP contribution in [0.15, 0.2) is 24.3 Å². The largest absolute Gasteiger partial charge is 0.368 e. The molecule has 1 unspecified atom stereocenters. The fourth-order valence-corrected chi connectivity index (χ4v) is 4.22. The summed E-state index contributed by atoms with van der Waals surface area (Å²) in [6, 6.07) is 6.75. The Labute approximate surface area is 119 Å². The lowest BCUT2D eigenvalue weighted by atomic mass is 10.2. The van der Waals surface area contributed by atoms with Gasteiger partial charge >= 0.3 is 0 Å². The van der Waals surface area contributed by atoms with E-state index in [4.69, 9.17) is 0 Å². The molecule has 2 rings (SSSR count). The molecular formula is C14H21FN2O2S. The normalized spacial score (nSPS) is 21.0. The van der Waals surface area contributed by atoms with E-state index in [-0.39, 0.29) is 23.4 Å². The second kappa shape index (κ2) is 6.54. The summed E-state index contributed by atoms with van der Waals surface area (Å²) in [5.74, 6) is 0.270. The van der Waals surface area contributed by atoms with E-state index in [1.807, 2.05) is 17.9 Å². The molecule has 1 saturated heterocycles. The molecule has 0 aliphatic carbocycles. The highest BCUT2D eigenvalue weighted by Gasteiger charge is 2.27. The van der Waals surface area contributed by atoms with Crippen LogP contribution in [0.5, 0.6) is 0 Å². The van der Waals surface area contributed by atoms with Crippen molar-refractivity contribution >= 4 is 15.5 Å². The molecule has 1 aliphatic rings. The molecule has 1 fully saturated rings. The third-order valence-corrected chi connectivity index (χ3v) is 5.39. The predicted octanol–water partition coefficient (Wildman–Crippen LogP) is 1.43. The zero-order valence-electron chi connectivity index (χ0n) is 11.7. The number of likely N-dealkylation sites (N-methyl/N-ethyl adjacent to an activating group) is 1. The van der Waals surface area contributed by atoms with Crippen molar-refractivity contribution in [3.05, 3.63) is 30.1 Å². The van der Waals surface area contributed by atoms with Gasteiger partial charge in [0.1, 0.15) is 5.82 Å². The van der Waals surface area contributed by atoms with Gasteiger partial charge in [-0.15, -0.1) is 0 Å². The van der Waals surface area contributed by atoms with Gasteiger partial charge in [0.05, 0.1) is 17.2 Å². The van der Waals surface area contributed by atoms with Crippen LogP contribution in [0.25, 0.3) is 0 Å². The average molecular weight is 300 g/mol. The first kappa shape index (κ1) is 15.3. The minimum atomic E-state index is -2.85. The van der Waals surface area contributed by atoms with Gasteiger partial charge in [0.15, 0.2) is 9.84 Å². The maximum atomic E-state index is 13.7. The first-order valence-corrected chi connectivity index (χ1v) is 8.77. The summed E-state index contributed by atoms with van der Waals surface area (Å²) in [4.78, 5) is 1.95. The summed E-state index contributed by atoms with van der Waals surface area (Å²) in [7, 11) is -2.85. The number of hydrogen-bond acceptors (Lipinski definition) is 4. The molecule has 20 heavy (non-hydrogen) atoms. The number of halogens is 1. The Bertz CT molecular complexity index is 548. The van der Waals surface area contributed by atoms with Gasteiger partial charge in [-0.3, -0.25) is 0 Å². The van der Waals surface area contributed by atoms with Gasteiger partial charge in [0.25, 0.3) is 0 Å². The number of rotatable bonds is 6. The Morgan fingerprint density at radius 2 is 2.15 bits per heavy atom. The molecule has 0 saturated carbocycles. The van der Waals surface area contributed by atoms with Gasteiger partial charge in [0.2, 0.25) is 0 Å².